The maximum absolute atomic E-state index is 4.38. The second-order valence-corrected chi connectivity index (χ2v) is 5.19. The van der Waals surface area contributed by atoms with Gasteiger partial charge in [-0.2, -0.15) is 5.10 Å². The minimum Gasteiger partial charge on any atom is -0.281 e. The molecule has 0 fully saturated rings. The van der Waals surface area contributed by atoms with Crippen LogP contribution in [-0.4, -0.2) is 10.2 Å². The maximum Gasteiger partial charge on any atom is 0.0926 e. The van der Waals surface area contributed by atoms with E-state index < -0.39 is 0 Å². The van der Waals surface area contributed by atoms with Crippen molar-refractivity contribution in [3.63, 3.8) is 0 Å². The highest BCUT2D eigenvalue weighted by molar-refractivity contribution is 5.84. The van der Waals surface area contributed by atoms with Crippen molar-refractivity contribution in [1.29, 1.82) is 0 Å². The van der Waals surface area contributed by atoms with Crippen LogP contribution in [0.25, 0.3) is 10.9 Å². The molecule has 0 spiro atoms. The summed E-state index contributed by atoms with van der Waals surface area (Å²) in [4.78, 5) is 0. The summed E-state index contributed by atoms with van der Waals surface area (Å²) in [6.45, 7) is 4.43. The Labute approximate surface area is 110 Å². The molecule has 0 aliphatic rings. The third-order valence-electron chi connectivity index (χ3n) is 3.64. The molecule has 2 heteroatoms. The lowest BCUT2D eigenvalue weighted by Crippen LogP contribution is -1.88. The average molecular weight is 244 g/mol. The molecule has 1 aromatic carbocycles. The Kier molecular flexibility index (Phi) is 4.80. The first-order chi connectivity index (χ1) is 8.83. The average Bonchev–Trinajstić information content (AvgIpc) is 2.78. The van der Waals surface area contributed by atoms with Crippen LogP contribution in [0.2, 0.25) is 0 Å². The molecule has 98 valence electrons. The number of hydrogen-bond donors (Lipinski definition) is 1. The Hall–Kier alpha value is -1.31. The predicted octanol–water partition coefficient (Wildman–Crippen LogP) is 4.77. The number of fused-ring (bicyclic) bond motifs is 1. The van der Waals surface area contributed by atoms with Gasteiger partial charge in [0.25, 0.3) is 0 Å². The summed E-state index contributed by atoms with van der Waals surface area (Å²) in [7, 11) is 0. The van der Waals surface area contributed by atoms with E-state index in [1.807, 2.05) is 0 Å². The minimum atomic E-state index is 1.11. The lowest BCUT2D eigenvalue weighted by molar-refractivity contribution is 0.605. The lowest BCUT2D eigenvalue weighted by atomic mass is 10.0. The van der Waals surface area contributed by atoms with Crippen LogP contribution in [0.1, 0.15) is 56.7 Å². The van der Waals surface area contributed by atoms with Gasteiger partial charge in [0.2, 0.25) is 0 Å². The van der Waals surface area contributed by atoms with Crippen molar-refractivity contribution in [2.24, 2.45) is 0 Å². The van der Waals surface area contributed by atoms with E-state index in [-0.39, 0.29) is 0 Å². The molecular formula is C16H24N2. The summed E-state index contributed by atoms with van der Waals surface area (Å²) in [5, 5.41) is 8.93. The zero-order valence-corrected chi connectivity index (χ0v) is 11.6. The molecule has 1 heterocycles. The zero-order valence-electron chi connectivity index (χ0n) is 11.6. The molecule has 1 aromatic heterocycles. The Morgan fingerprint density at radius 2 is 1.83 bits per heavy atom. The smallest absolute Gasteiger partial charge is 0.0926 e. The van der Waals surface area contributed by atoms with E-state index in [2.05, 4.69) is 42.2 Å². The van der Waals surface area contributed by atoms with Gasteiger partial charge in [-0.15, -0.1) is 0 Å². The number of aryl methyl sites for hydroxylation is 2. The fraction of sp³-hybridized carbons (Fsp3) is 0.562. The summed E-state index contributed by atoms with van der Waals surface area (Å²) in [6, 6.07) is 6.33. The van der Waals surface area contributed by atoms with Gasteiger partial charge < -0.3 is 0 Å². The fourth-order valence-electron chi connectivity index (χ4n) is 2.58. The SMILES string of the molecule is CCCCCCCCc1[nH]nc2cccc(C)c12. The molecule has 2 aromatic rings. The minimum absolute atomic E-state index is 1.11. The maximum atomic E-state index is 4.38. The molecule has 2 rings (SSSR count). The van der Waals surface area contributed by atoms with Crippen molar-refractivity contribution >= 4 is 10.9 Å². The monoisotopic (exact) mass is 244 g/mol. The highest BCUT2D eigenvalue weighted by Crippen LogP contribution is 2.21. The van der Waals surface area contributed by atoms with Gasteiger partial charge in [0.15, 0.2) is 0 Å². The van der Waals surface area contributed by atoms with Crippen LogP contribution in [0, 0.1) is 6.92 Å². The molecular weight excluding hydrogens is 220 g/mol. The van der Waals surface area contributed by atoms with Crippen molar-refractivity contribution in [2.75, 3.05) is 0 Å². The number of hydrogen-bond acceptors (Lipinski definition) is 1. The summed E-state index contributed by atoms with van der Waals surface area (Å²) in [5.74, 6) is 0. The highest BCUT2D eigenvalue weighted by atomic mass is 15.1. The van der Waals surface area contributed by atoms with E-state index in [4.69, 9.17) is 0 Å². The number of benzene rings is 1. The number of aromatic amines is 1. The summed E-state index contributed by atoms with van der Waals surface area (Å²) in [6.07, 6.45) is 9.21. The van der Waals surface area contributed by atoms with Gasteiger partial charge in [0.05, 0.1) is 5.52 Å². The number of rotatable bonds is 7. The Morgan fingerprint density at radius 1 is 1.06 bits per heavy atom. The number of unbranched alkanes of at least 4 members (excludes halogenated alkanes) is 5. The Balaban J connectivity index is 1.88. The second kappa shape index (κ2) is 6.58. The highest BCUT2D eigenvalue weighted by Gasteiger charge is 2.06. The quantitative estimate of drug-likeness (QED) is 0.698. The van der Waals surface area contributed by atoms with Crippen molar-refractivity contribution in [3.05, 3.63) is 29.5 Å². The number of nitrogens with one attached hydrogen (secondary N) is 1. The van der Waals surface area contributed by atoms with E-state index >= 15 is 0 Å². The lowest BCUT2D eigenvalue weighted by Gasteiger charge is -2.02. The first kappa shape index (κ1) is 13.1. The molecule has 0 aliphatic carbocycles. The molecule has 0 atom stereocenters. The van der Waals surface area contributed by atoms with Crippen molar-refractivity contribution < 1.29 is 0 Å². The van der Waals surface area contributed by atoms with Crippen LogP contribution in [-0.2, 0) is 6.42 Å². The van der Waals surface area contributed by atoms with E-state index in [0.29, 0.717) is 0 Å². The predicted molar refractivity (Wildman–Crippen MR) is 77.9 cm³/mol. The van der Waals surface area contributed by atoms with E-state index in [1.165, 1.54) is 55.2 Å². The summed E-state index contributed by atoms with van der Waals surface area (Å²) < 4.78 is 0. The van der Waals surface area contributed by atoms with E-state index in [0.717, 1.165) is 11.9 Å². The Bertz CT molecular complexity index is 485. The van der Waals surface area contributed by atoms with Gasteiger partial charge in [-0.3, -0.25) is 5.10 Å². The zero-order chi connectivity index (χ0) is 12.8. The van der Waals surface area contributed by atoms with Gasteiger partial charge in [-0.25, -0.2) is 0 Å². The molecule has 0 bridgehead atoms. The van der Waals surface area contributed by atoms with Gasteiger partial charge >= 0.3 is 0 Å². The first-order valence-corrected chi connectivity index (χ1v) is 7.25. The topological polar surface area (TPSA) is 28.7 Å². The van der Waals surface area contributed by atoms with Crippen LogP contribution >= 0.6 is 0 Å². The molecule has 0 aliphatic heterocycles. The number of H-pyrrole nitrogens is 1. The molecule has 0 unspecified atom stereocenters. The second-order valence-electron chi connectivity index (χ2n) is 5.19. The molecule has 0 saturated carbocycles. The van der Waals surface area contributed by atoms with E-state index in [1.54, 1.807) is 0 Å². The molecule has 0 radical (unpaired) electrons. The van der Waals surface area contributed by atoms with Crippen LogP contribution in [0.5, 0.6) is 0 Å². The van der Waals surface area contributed by atoms with Crippen molar-refractivity contribution in [2.45, 2.75) is 58.8 Å². The molecule has 1 N–H and O–H groups in total. The van der Waals surface area contributed by atoms with Crippen LogP contribution in [0.4, 0.5) is 0 Å². The molecule has 0 saturated heterocycles. The van der Waals surface area contributed by atoms with Gasteiger partial charge in [0, 0.05) is 11.1 Å². The number of aromatic nitrogens is 2. The summed E-state index contributed by atoms with van der Waals surface area (Å²) >= 11 is 0. The molecule has 2 nitrogen and oxygen atoms in total. The van der Waals surface area contributed by atoms with E-state index in [9.17, 15) is 0 Å². The normalized spacial score (nSPS) is 11.2. The third-order valence-corrected chi connectivity index (χ3v) is 3.64. The van der Waals surface area contributed by atoms with Crippen molar-refractivity contribution in [1.82, 2.24) is 10.2 Å². The Morgan fingerprint density at radius 3 is 2.67 bits per heavy atom. The third kappa shape index (κ3) is 3.12. The molecule has 18 heavy (non-hydrogen) atoms. The molecule has 0 amide bonds. The van der Waals surface area contributed by atoms with Gasteiger partial charge in [-0.05, 0) is 31.4 Å². The van der Waals surface area contributed by atoms with Crippen LogP contribution in [0.3, 0.4) is 0 Å². The van der Waals surface area contributed by atoms with Gasteiger partial charge in [0.1, 0.15) is 0 Å². The standard InChI is InChI=1S/C16H24N2/c1-3-4-5-6-7-8-11-14-16-13(2)10-9-12-15(16)18-17-14/h9-10,12H,3-8,11H2,1-2H3,(H,17,18). The van der Waals surface area contributed by atoms with Crippen LogP contribution in [0.15, 0.2) is 18.2 Å². The first-order valence-electron chi connectivity index (χ1n) is 7.25. The van der Waals surface area contributed by atoms with Crippen LogP contribution < -0.4 is 0 Å². The van der Waals surface area contributed by atoms with Gasteiger partial charge in [-0.1, -0.05) is 51.2 Å². The fourth-order valence-corrected chi connectivity index (χ4v) is 2.58. The largest absolute Gasteiger partial charge is 0.281 e. The van der Waals surface area contributed by atoms with Crippen molar-refractivity contribution in [3.8, 4) is 0 Å². The summed E-state index contributed by atoms with van der Waals surface area (Å²) in [5.41, 5.74) is 3.76. The number of nitrogens with zero attached hydrogens (tertiary/aromatic N) is 1.